The molecule has 0 atom stereocenters. The molecule has 0 radical (unpaired) electrons. The molecular formula is C10H16ClN3O2. The number of H-pyrrole nitrogens is 1. The predicted octanol–water partition coefficient (Wildman–Crippen LogP) is 1.91. The Morgan fingerprint density at radius 3 is 2.94 bits per heavy atom. The molecule has 0 saturated carbocycles. The lowest BCUT2D eigenvalue weighted by atomic mass is 10.2. The average molecular weight is 246 g/mol. The lowest BCUT2D eigenvalue weighted by molar-refractivity contribution is 0.0527. The zero-order chi connectivity index (χ0) is 11.3. The second kappa shape index (κ2) is 6.90. The molecular weight excluding hydrogens is 230 g/mol. The summed E-state index contributed by atoms with van der Waals surface area (Å²) in [4.78, 5) is 11.6. The van der Waals surface area contributed by atoms with E-state index in [0.717, 1.165) is 0 Å². The van der Waals surface area contributed by atoms with Crippen molar-refractivity contribution in [3.63, 3.8) is 0 Å². The number of nitrogens with zero attached hydrogens (tertiary/aromatic N) is 1. The maximum atomic E-state index is 11.6. The van der Waals surface area contributed by atoms with Gasteiger partial charge in [0.25, 0.3) is 0 Å². The van der Waals surface area contributed by atoms with E-state index in [2.05, 4.69) is 22.1 Å². The minimum Gasteiger partial charge on any atom is -0.462 e. The maximum Gasteiger partial charge on any atom is 0.343 e. The van der Waals surface area contributed by atoms with Crippen molar-refractivity contribution in [3.8, 4) is 0 Å². The summed E-state index contributed by atoms with van der Waals surface area (Å²) in [6.45, 7) is 8.02. The first-order valence-corrected chi connectivity index (χ1v) is 4.77. The average Bonchev–Trinajstić information content (AvgIpc) is 2.57. The SMILES string of the molecule is C=CCNc1n[nH]c(C)c1C(=O)OCC.Cl. The van der Waals surface area contributed by atoms with E-state index in [0.29, 0.717) is 30.2 Å². The largest absolute Gasteiger partial charge is 0.462 e. The number of carbonyl (C=O) groups excluding carboxylic acids is 1. The van der Waals surface area contributed by atoms with Crippen molar-refractivity contribution < 1.29 is 9.53 Å². The van der Waals surface area contributed by atoms with Crippen molar-refractivity contribution in [2.75, 3.05) is 18.5 Å². The molecule has 0 fully saturated rings. The summed E-state index contributed by atoms with van der Waals surface area (Å²) in [5.74, 6) is 0.140. The highest BCUT2D eigenvalue weighted by Gasteiger charge is 2.18. The van der Waals surface area contributed by atoms with Crippen molar-refractivity contribution in [2.24, 2.45) is 0 Å². The molecule has 6 heteroatoms. The molecule has 1 aromatic rings. The number of nitrogens with one attached hydrogen (secondary N) is 2. The fourth-order valence-corrected chi connectivity index (χ4v) is 1.18. The molecule has 90 valence electrons. The summed E-state index contributed by atoms with van der Waals surface area (Å²) < 4.78 is 4.92. The summed E-state index contributed by atoms with van der Waals surface area (Å²) in [6, 6.07) is 0. The summed E-state index contributed by atoms with van der Waals surface area (Å²) in [7, 11) is 0. The van der Waals surface area contributed by atoms with Gasteiger partial charge in [0.1, 0.15) is 5.56 Å². The summed E-state index contributed by atoms with van der Waals surface area (Å²) in [5.41, 5.74) is 1.15. The molecule has 16 heavy (non-hydrogen) atoms. The molecule has 1 heterocycles. The highest BCUT2D eigenvalue weighted by molar-refractivity contribution is 5.95. The van der Waals surface area contributed by atoms with E-state index < -0.39 is 0 Å². The molecule has 0 unspecified atom stereocenters. The van der Waals surface area contributed by atoms with Gasteiger partial charge < -0.3 is 10.1 Å². The van der Waals surface area contributed by atoms with Crippen molar-refractivity contribution in [2.45, 2.75) is 13.8 Å². The van der Waals surface area contributed by atoms with Crippen LogP contribution in [0, 0.1) is 6.92 Å². The molecule has 0 aliphatic carbocycles. The van der Waals surface area contributed by atoms with E-state index in [9.17, 15) is 4.79 Å². The molecule has 0 spiro atoms. The Morgan fingerprint density at radius 1 is 1.69 bits per heavy atom. The molecule has 0 aliphatic heterocycles. The summed E-state index contributed by atoms with van der Waals surface area (Å²) in [6.07, 6.45) is 1.69. The highest BCUT2D eigenvalue weighted by atomic mass is 35.5. The van der Waals surface area contributed by atoms with Gasteiger partial charge >= 0.3 is 5.97 Å². The minimum absolute atomic E-state index is 0. The van der Waals surface area contributed by atoms with Crippen molar-refractivity contribution >= 4 is 24.2 Å². The number of rotatable bonds is 5. The van der Waals surface area contributed by atoms with Crippen LogP contribution in [0.4, 0.5) is 5.82 Å². The number of aryl methyl sites for hydroxylation is 1. The highest BCUT2D eigenvalue weighted by Crippen LogP contribution is 2.16. The van der Waals surface area contributed by atoms with Gasteiger partial charge in [0, 0.05) is 12.2 Å². The number of hydrogen-bond donors (Lipinski definition) is 2. The molecule has 2 N–H and O–H groups in total. The van der Waals surface area contributed by atoms with E-state index in [1.807, 2.05) is 0 Å². The molecule has 0 bridgehead atoms. The Bertz CT molecular complexity index is 363. The van der Waals surface area contributed by atoms with Gasteiger partial charge in [-0.15, -0.1) is 19.0 Å². The Hall–Kier alpha value is -1.49. The van der Waals surface area contributed by atoms with Crippen LogP contribution in [0.1, 0.15) is 23.0 Å². The number of esters is 1. The molecule has 0 saturated heterocycles. The number of anilines is 1. The van der Waals surface area contributed by atoms with Gasteiger partial charge in [0.15, 0.2) is 5.82 Å². The zero-order valence-corrected chi connectivity index (χ0v) is 10.2. The van der Waals surface area contributed by atoms with Crippen LogP contribution in [0.3, 0.4) is 0 Å². The minimum atomic E-state index is -0.365. The van der Waals surface area contributed by atoms with Crippen LogP contribution >= 0.6 is 12.4 Å². The number of aromatic amines is 1. The summed E-state index contributed by atoms with van der Waals surface area (Å²) in [5, 5.41) is 9.67. The zero-order valence-electron chi connectivity index (χ0n) is 9.37. The second-order valence-corrected chi connectivity index (χ2v) is 2.96. The first kappa shape index (κ1) is 14.5. The van der Waals surface area contributed by atoms with Crippen molar-refractivity contribution in [3.05, 3.63) is 23.9 Å². The van der Waals surface area contributed by atoms with Crippen LogP contribution in [0.25, 0.3) is 0 Å². The van der Waals surface area contributed by atoms with Crippen molar-refractivity contribution in [1.29, 1.82) is 0 Å². The Balaban J connectivity index is 0.00000225. The molecule has 0 aliphatic rings. The van der Waals surface area contributed by atoms with Crippen LogP contribution in [-0.4, -0.2) is 29.3 Å². The Labute approximate surface area is 101 Å². The fraction of sp³-hybridized carbons (Fsp3) is 0.400. The Morgan fingerprint density at radius 2 is 2.38 bits per heavy atom. The third kappa shape index (κ3) is 3.27. The maximum absolute atomic E-state index is 11.6. The second-order valence-electron chi connectivity index (χ2n) is 2.96. The van der Waals surface area contributed by atoms with Crippen LogP contribution in [0.15, 0.2) is 12.7 Å². The third-order valence-electron chi connectivity index (χ3n) is 1.84. The number of aromatic nitrogens is 2. The van der Waals surface area contributed by atoms with Crippen LogP contribution < -0.4 is 5.32 Å². The van der Waals surface area contributed by atoms with Gasteiger partial charge in [-0.3, -0.25) is 5.10 Å². The van der Waals surface area contributed by atoms with Crippen molar-refractivity contribution in [1.82, 2.24) is 10.2 Å². The Kier molecular flexibility index (Phi) is 6.25. The van der Waals surface area contributed by atoms with Crippen LogP contribution in [0.2, 0.25) is 0 Å². The number of ether oxygens (including phenoxy) is 1. The van der Waals surface area contributed by atoms with Crippen LogP contribution in [0.5, 0.6) is 0 Å². The van der Waals surface area contributed by atoms with Gasteiger partial charge in [-0.2, -0.15) is 5.10 Å². The number of halogens is 1. The van der Waals surface area contributed by atoms with E-state index in [1.165, 1.54) is 0 Å². The fourth-order valence-electron chi connectivity index (χ4n) is 1.18. The molecule has 0 amide bonds. The van der Waals surface area contributed by atoms with Gasteiger partial charge in [-0.05, 0) is 13.8 Å². The molecule has 0 aromatic carbocycles. The van der Waals surface area contributed by atoms with Gasteiger partial charge in [-0.25, -0.2) is 4.79 Å². The third-order valence-corrected chi connectivity index (χ3v) is 1.84. The quantitative estimate of drug-likeness (QED) is 0.614. The first-order valence-electron chi connectivity index (χ1n) is 4.77. The van der Waals surface area contributed by atoms with Gasteiger partial charge in [-0.1, -0.05) is 6.08 Å². The number of hydrogen-bond acceptors (Lipinski definition) is 4. The molecule has 5 nitrogen and oxygen atoms in total. The summed E-state index contributed by atoms with van der Waals surface area (Å²) >= 11 is 0. The monoisotopic (exact) mass is 245 g/mol. The lowest BCUT2D eigenvalue weighted by Crippen LogP contribution is -2.09. The van der Waals surface area contributed by atoms with E-state index in [-0.39, 0.29) is 18.4 Å². The number of carbonyl (C=O) groups is 1. The normalized spacial score (nSPS) is 9.12. The lowest BCUT2D eigenvalue weighted by Gasteiger charge is -2.04. The molecule has 1 rings (SSSR count). The van der Waals surface area contributed by atoms with E-state index in [4.69, 9.17) is 4.74 Å². The van der Waals surface area contributed by atoms with E-state index in [1.54, 1.807) is 19.9 Å². The molecule has 1 aromatic heterocycles. The predicted molar refractivity (Wildman–Crippen MR) is 65.2 cm³/mol. The first-order chi connectivity index (χ1) is 7.20. The van der Waals surface area contributed by atoms with Gasteiger partial charge in [0.2, 0.25) is 0 Å². The standard InChI is InChI=1S/C10H15N3O2.ClH/c1-4-6-11-9-8(7(3)12-13-9)10(14)15-5-2;/h4H,1,5-6H2,2-3H3,(H2,11,12,13);1H. The van der Waals surface area contributed by atoms with Gasteiger partial charge in [0.05, 0.1) is 6.61 Å². The van der Waals surface area contributed by atoms with Crippen LogP contribution in [-0.2, 0) is 4.74 Å². The smallest absolute Gasteiger partial charge is 0.343 e. The van der Waals surface area contributed by atoms with E-state index >= 15 is 0 Å². The topological polar surface area (TPSA) is 67.0 Å².